The average Bonchev–Trinajstić information content (AvgIpc) is 3.32. The Morgan fingerprint density at radius 3 is 2.74 bits per heavy atom. The van der Waals surface area contributed by atoms with Gasteiger partial charge in [-0.15, -0.1) is 0 Å². The van der Waals surface area contributed by atoms with Crippen LogP contribution in [0.3, 0.4) is 0 Å². The number of thiazole rings is 1. The van der Waals surface area contributed by atoms with Crippen molar-refractivity contribution in [3.8, 4) is 0 Å². The molecule has 160 valence electrons. The zero-order valence-electron chi connectivity index (χ0n) is 16.8. The number of hydrogen-bond acceptors (Lipinski definition) is 5. The first kappa shape index (κ1) is 21.0. The number of anilines is 1. The van der Waals surface area contributed by atoms with Gasteiger partial charge in [-0.3, -0.25) is 14.7 Å². The van der Waals surface area contributed by atoms with E-state index < -0.39 is 11.6 Å². The SMILES string of the molecule is Cc1nc(N2CCN(Cc3ccc(F)c(F)c3)C2=O)sc1C(=O)CCc1ccccn1. The monoisotopic (exact) mass is 442 g/mol. The van der Waals surface area contributed by atoms with Crippen molar-refractivity contribution in [1.29, 1.82) is 0 Å². The van der Waals surface area contributed by atoms with Crippen molar-refractivity contribution < 1.29 is 18.4 Å². The molecule has 0 saturated carbocycles. The Balaban J connectivity index is 1.42. The van der Waals surface area contributed by atoms with Crippen LogP contribution in [0.4, 0.5) is 18.7 Å². The molecule has 0 bridgehead atoms. The molecule has 0 atom stereocenters. The summed E-state index contributed by atoms with van der Waals surface area (Å²) in [5, 5.41) is 0.469. The highest BCUT2D eigenvalue weighted by molar-refractivity contribution is 7.17. The number of urea groups is 1. The van der Waals surface area contributed by atoms with Crippen LogP contribution in [0.2, 0.25) is 0 Å². The Labute approximate surface area is 182 Å². The van der Waals surface area contributed by atoms with Crippen LogP contribution >= 0.6 is 11.3 Å². The zero-order chi connectivity index (χ0) is 22.0. The summed E-state index contributed by atoms with van der Waals surface area (Å²) in [4.78, 5) is 37.8. The number of aromatic nitrogens is 2. The second kappa shape index (κ2) is 8.89. The number of benzene rings is 1. The lowest BCUT2D eigenvalue weighted by molar-refractivity contribution is 0.0985. The molecule has 0 N–H and O–H groups in total. The Bertz CT molecular complexity index is 1120. The molecule has 3 heterocycles. The van der Waals surface area contributed by atoms with E-state index in [9.17, 15) is 18.4 Å². The van der Waals surface area contributed by atoms with Gasteiger partial charge in [0.25, 0.3) is 0 Å². The van der Waals surface area contributed by atoms with Crippen LogP contribution in [-0.2, 0) is 13.0 Å². The highest BCUT2D eigenvalue weighted by Crippen LogP contribution is 2.30. The second-order valence-corrected chi connectivity index (χ2v) is 8.24. The minimum atomic E-state index is -0.939. The third-order valence-corrected chi connectivity index (χ3v) is 6.28. The molecular formula is C22H20F2N4O2S. The number of hydrogen-bond donors (Lipinski definition) is 0. The maximum Gasteiger partial charge on any atom is 0.326 e. The second-order valence-electron chi connectivity index (χ2n) is 7.26. The molecule has 4 rings (SSSR count). The van der Waals surface area contributed by atoms with Crippen molar-refractivity contribution in [2.24, 2.45) is 0 Å². The molecule has 1 saturated heterocycles. The molecule has 2 amide bonds. The van der Waals surface area contributed by atoms with Gasteiger partial charge in [-0.2, -0.15) is 0 Å². The predicted molar refractivity (Wildman–Crippen MR) is 113 cm³/mol. The van der Waals surface area contributed by atoms with E-state index in [1.807, 2.05) is 18.2 Å². The number of nitrogens with zero attached hydrogens (tertiary/aromatic N) is 4. The lowest BCUT2D eigenvalue weighted by Crippen LogP contribution is -2.31. The molecule has 1 aromatic carbocycles. The number of carbonyl (C=O) groups excluding carboxylic acids is 2. The summed E-state index contributed by atoms with van der Waals surface area (Å²) < 4.78 is 26.6. The van der Waals surface area contributed by atoms with E-state index in [4.69, 9.17) is 0 Å². The summed E-state index contributed by atoms with van der Waals surface area (Å²) in [6, 6.07) is 8.92. The lowest BCUT2D eigenvalue weighted by Gasteiger charge is -2.17. The number of ketones is 1. The molecule has 1 aliphatic rings. The molecule has 0 unspecified atom stereocenters. The fourth-order valence-corrected chi connectivity index (χ4v) is 4.48. The largest absolute Gasteiger partial charge is 0.326 e. The van der Waals surface area contributed by atoms with E-state index in [0.717, 1.165) is 17.8 Å². The van der Waals surface area contributed by atoms with Crippen molar-refractivity contribution in [1.82, 2.24) is 14.9 Å². The molecular weight excluding hydrogens is 422 g/mol. The normalized spacial score (nSPS) is 13.8. The fourth-order valence-electron chi connectivity index (χ4n) is 3.42. The van der Waals surface area contributed by atoms with Crippen LogP contribution < -0.4 is 4.90 Å². The third kappa shape index (κ3) is 4.61. The van der Waals surface area contributed by atoms with Crippen molar-refractivity contribution >= 4 is 28.3 Å². The summed E-state index contributed by atoms with van der Waals surface area (Å²) in [7, 11) is 0. The number of halogens is 2. The summed E-state index contributed by atoms with van der Waals surface area (Å²) >= 11 is 1.20. The van der Waals surface area contributed by atoms with Crippen LogP contribution in [0.25, 0.3) is 0 Å². The summed E-state index contributed by atoms with van der Waals surface area (Å²) in [5.74, 6) is -1.89. The maximum absolute atomic E-state index is 13.5. The van der Waals surface area contributed by atoms with Crippen molar-refractivity contribution in [3.63, 3.8) is 0 Å². The number of pyridine rings is 1. The summed E-state index contributed by atoms with van der Waals surface area (Å²) in [6.07, 6.45) is 2.55. The van der Waals surface area contributed by atoms with Gasteiger partial charge in [-0.1, -0.05) is 23.5 Å². The molecule has 6 nitrogen and oxygen atoms in total. The number of aryl methyl sites for hydroxylation is 2. The van der Waals surface area contributed by atoms with Gasteiger partial charge in [0, 0.05) is 37.9 Å². The van der Waals surface area contributed by atoms with Gasteiger partial charge in [0.05, 0.1) is 10.6 Å². The van der Waals surface area contributed by atoms with E-state index in [2.05, 4.69) is 9.97 Å². The molecule has 31 heavy (non-hydrogen) atoms. The summed E-state index contributed by atoms with van der Waals surface area (Å²) in [5.41, 5.74) is 1.95. The van der Waals surface area contributed by atoms with Gasteiger partial charge >= 0.3 is 6.03 Å². The summed E-state index contributed by atoms with van der Waals surface area (Å²) in [6.45, 7) is 2.77. The molecule has 9 heteroatoms. The van der Waals surface area contributed by atoms with Gasteiger partial charge in [0.1, 0.15) is 0 Å². The average molecular weight is 442 g/mol. The van der Waals surface area contributed by atoms with Crippen molar-refractivity contribution in [2.75, 3.05) is 18.0 Å². The molecule has 1 fully saturated rings. The third-order valence-electron chi connectivity index (χ3n) is 5.06. The van der Waals surface area contributed by atoms with E-state index in [1.54, 1.807) is 18.0 Å². The van der Waals surface area contributed by atoms with Crippen LogP contribution in [0.1, 0.15) is 33.0 Å². The van der Waals surface area contributed by atoms with Crippen LogP contribution in [0.15, 0.2) is 42.6 Å². The quantitative estimate of drug-likeness (QED) is 0.510. The smallest absolute Gasteiger partial charge is 0.318 e. The number of carbonyl (C=O) groups is 2. The van der Waals surface area contributed by atoms with Gasteiger partial charge < -0.3 is 4.90 Å². The Morgan fingerprint density at radius 1 is 1.16 bits per heavy atom. The first-order valence-corrected chi connectivity index (χ1v) is 10.6. The highest BCUT2D eigenvalue weighted by atomic mass is 32.1. The van der Waals surface area contributed by atoms with Crippen LogP contribution in [-0.4, -0.2) is 39.8 Å². The topological polar surface area (TPSA) is 66.4 Å². The first-order valence-electron chi connectivity index (χ1n) is 9.83. The minimum absolute atomic E-state index is 0.0304. The molecule has 1 aliphatic heterocycles. The van der Waals surface area contributed by atoms with E-state index >= 15 is 0 Å². The standard InChI is InChI=1S/C22H20F2N4O2S/c1-14-20(19(29)8-6-16-4-2-3-9-25-16)31-21(26-14)28-11-10-27(22(28)30)13-15-5-7-17(23)18(24)12-15/h2-5,7,9,12H,6,8,10-11,13H2,1H3. The van der Waals surface area contributed by atoms with Gasteiger partial charge in [-0.25, -0.2) is 18.6 Å². The van der Waals surface area contributed by atoms with Gasteiger partial charge in [0.15, 0.2) is 22.5 Å². The number of amides is 2. The highest BCUT2D eigenvalue weighted by Gasteiger charge is 2.32. The van der Waals surface area contributed by atoms with E-state index in [-0.39, 0.29) is 18.4 Å². The number of Topliss-reactive ketones (excluding diaryl/α,β-unsaturated/α-hetero) is 1. The first-order chi connectivity index (χ1) is 14.9. The molecule has 2 aromatic heterocycles. The zero-order valence-corrected chi connectivity index (χ0v) is 17.7. The van der Waals surface area contributed by atoms with Crippen molar-refractivity contribution in [2.45, 2.75) is 26.3 Å². The lowest BCUT2D eigenvalue weighted by atomic mass is 10.1. The molecule has 0 radical (unpaired) electrons. The molecule has 0 spiro atoms. The van der Waals surface area contributed by atoms with E-state index in [1.165, 1.54) is 22.3 Å². The molecule has 0 aliphatic carbocycles. The van der Waals surface area contributed by atoms with Crippen LogP contribution in [0, 0.1) is 18.6 Å². The Hall–Kier alpha value is -3.20. The number of rotatable bonds is 7. The Kier molecular flexibility index (Phi) is 6.03. The van der Waals surface area contributed by atoms with Crippen LogP contribution in [0.5, 0.6) is 0 Å². The van der Waals surface area contributed by atoms with E-state index in [0.29, 0.717) is 47.2 Å². The van der Waals surface area contributed by atoms with Gasteiger partial charge in [-0.05, 0) is 43.2 Å². The van der Waals surface area contributed by atoms with Gasteiger partial charge in [0.2, 0.25) is 0 Å². The molecule has 3 aromatic rings. The maximum atomic E-state index is 13.5. The minimum Gasteiger partial charge on any atom is -0.318 e. The fraction of sp³-hybridized carbons (Fsp3) is 0.273. The predicted octanol–water partition coefficient (Wildman–Crippen LogP) is 4.38. The Morgan fingerprint density at radius 2 is 2.00 bits per heavy atom. The van der Waals surface area contributed by atoms with Crippen molar-refractivity contribution in [3.05, 3.63) is 76.1 Å².